The number of carboxylic acids is 1. The molecule has 216 valence electrons. The van der Waals surface area contributed by atoms with Gasteiger partial charge in [0.05, 0.1) is 17.7 Å². The predicted molar refractivity (Wildman–Crippen MR) is 149 cm³/mol. The largest absolute Gasteiger partial charge is 0.481 e. The molecule has 10 heteroatoms. The Labute approximate surface area is 235 Å². The number of anilines is 1. The fraction of sp³-hybridized carbons (Fsp3) is 0.600. The zero-order valence-corrected chi connectivity index (χ0v) is 23.7. The molecule has 0 bridgehead atoms. The molecule has 1 N–H and O–H groups in total. The van der Waals surface area contributed by atoms with Gasteiger partial charge in [-0.3, -0.25) is 9.59 Å². The van der Waals surface area contributed by atoms with Crippen LogP contribution in [-0.4, -0.2) is 82.6 Å². The highest BCUT2D eigenvalue weighted by Crippen LogP contribution is 2.45. The number of carbonyl (C=O) groups excluding carboxylic acids is 1. The summed E-state index contributed by atoms with van der Waals surface area (Å²) >= 11 is 0. The van der Waals surface area contributed by atoms with E-state index in [2.05, 4.69) is 19.8 Å². The minimum atomic E-state index is -0.643. The van der Waals surface area contributed by atoms with Crippen molar-refractivity contribution in [2.24, 2.45) is 17.3 Å². The zero-order valence-electron chi connectivity index (χ0n) is 23.7. The highest BCUT2D eigenvalue weighted by atomic mass is 19.1. The number of rotatable bonds is 8. The Bertz CT molecular complexity index is 1220. The van der Waals surface area contributed by atoms with Gasteiger partial charge in [-0.2, -0.15) is 0 Å². The number of hydrogen-bond acceptors (Lipinski definition) is 7. The highest BCUT2D eigenvalue weighted by molar-refractivity contribution is 5.97. The first-order valence-electron chi connectivity index (χ1n) is 14.4. The molecule has 3 fully saturated rings. The van der Waals surface area contributed by atoms with E-state index >= 15 is 0 Å². The molecule has 2 aliphatic heterocycles. The van der Waals surface area contributed by atoms with Crippen LogP contribution < -0.4 is 9.64 Å². The molecule has 3 heterocycles. The Balaban J connectivity index is 1.19. The first-order chi connectivity index (χ1) is 19.1. The van der Waals surface area contributed by atoms with Crippen molar-refractivity contribution in [2.45, 2.75) is 58.4 Å². The number of ether oxygens (including phenoxy) is 1. The molecule has 2 saturated heterocycles. The Morgan fingerprint density at radius 1 is 1.15 bits per heavy atom. The van der Waals surface area contributed by atoms with Crippen LogP contribution in [0.5, 0.6) is 11.5 Å². The van der Waals surface area contributed by atoms with Crippen molar-refractivity contribution in [3.8, 4) is 11.5 Å². The van der Waals surface area contributed by atoms with E-state index in [1.165, 1.54) is 24.5 Å². The first-order valence-corrected chi connectivity index (χ1v) is 14.4. The molecule has 2 aromatic rings. The summed E-state index contributed by atoms with van der Waals surface area (Å²) in [6.45, 7) is 8.75. The maximum Gasteiger partial charge on any atom is 0.306 e. The van der Waals surface area contributed by atoms with Crippen LogP contribution >= 0.6 is 0 Å². The highest BCUT2D eigenvalue weighted by Gasteiger charge is 2.46. The second-order valence-electron chi connectivity index (χ2n) is 12.2. The topological polar surface area (TPSA) is 99.1 Å². The van der Waals surface area contributed by atoms with Crippen LogP contribution in [0.2, 0.25) is 0 Å². The van der Waals surface area contributed by atoms with Crippen LogP contribution in [0.4, 0.5) is 10.2 Å². The molecule has 1 saturated carbocycles. The van der Waals surface area contributed by atoms with Crippen LogP contribution in [0, 0.1) is 23.1 Å². The van der Waals surface area contributed by atoms with Gasteiger partial charge in [0.2, 0.25) is 0 Å². The number of halogens is 1. The molecule has 1 spiro atoms. The summed E-state index contributed by atoms with van der Waals surface area (Å²) in [4.78, 5) is 39.3. The third-order valence-electron chi connectivity index (χ3n) is 9.13. The van der Waals surface area contributed by atoms with Crippen LogP contribution in [0.15, 0.2) is 30.7 Å². The Kier molecular flexibility index (Phi) is 8.26. The van der Waals surface area contributed by atoms with Gasteiger partial charge in [0.25, 0.3) is 5.91 Å². The number of aromatic nitrogens is 2. The minimum Gasteiger partial charge on any atom is -0.481 e. The monoisotopic (exact) mass is 553 g/mol. The summed E-state index contributed by atoms with van der Waals surface area (Å²) in [5, 5.41) is 9.25. The van der Waals surface area contributed by atoms with Gasteiger partial charge in [-0.1, -0.05) is 0 Å². The van der Waals surface area contributed by atoms with E-state index in [0.29, 0.717) is 17.5 Å². The number of hydrogen-bond donors (Lipinski definition) is 1. The number of amides is 1. The SMILES string of the molecule is CC(C)N(C)C(=O)c1cc(F)ccc1Oc1cncnc1N1CC2(CCN(C[C@H]3CC[C@H](C(=O)O)CC3)CC2)C1. The van der Waals surface area contributed by atoms with Crippen molar-refractivity contribution >= 4 is 17.7 Å². The standard InChI is InChI=1S/C30H40FN5O4/c1-20(2)34(3)28(37)24-14-23(31)8-9-25(24)40-26-15-32-19-33-27(26)36-17-30(18-36)10-12-35(13-11-30)16-21-4-6-22(7-5-21)29(38)39/h8-9,14-15,19-22H,4-7,10-13,16-18H2,1-3H3,(H,38,39)/t21-,22-. The molecule has 1 aromatic heterocycles. The summed E-state index contributed by atoms with van der Waals surface area (Å²) in [6, 6.07) is 3.93. The summed E-state index contributed by atoms with van der Waals surface area (Å²) in [5.41, 5.74) is 0.409. The molecule has 9 nitrogen and oxygen atoms in total. The van der Waals surface area contributed by atoms with Crippen molar-refractivity contribution in [1.82, 2.24) is 19.8 Å². The van der Waals surface area contributed by atoms with E-state index < -0.39 is 11.8 Å². The number of benzene rings is 1. The van der Waals surface area contributed by atoms with Crippen molar-refractivity contribution in [3.05, 3.63) is 42.1 Å². The zero-order chi connectivity index (χ0) is 28.4. The van der Waals surface area contributed by atoms with Gasteiger partial charge in [0.15, 0.2) is 11.6 Å². The molecular formula is C30H40FN5O4. The smallest absolute Gasteiger partial charge is 0.306 e. The van der Waals surface area contributed by atoms with E-state index in [-0.39, 0.29) is 34.6 Å². The van der Waals surface area contributed by atoms with Gasteiger partial charge in [0, 0.05) is 38.1 Å². The van der Waals surface area contributed by atoms with Crippen molar-refractivity contribution in [2.75, 3.05) is 44.7 Å². The number of carboxylic acid groups (broad SMARTS) is 1. The van der Waals surface area contributed by atoms with Gasteiger partial charge >= 0.3 is 5.97 Å². The predicted octanol–water partition coefficient (Wildman–Crippen LogP) is 4.68. The van der Waals surface area contributed by atoms with Gasteiger partial charge in [0.1, 0.15) is 17.9 Å². The first kappa shape index (κ1) is 28.3. The molecule has 1 amide bonds. The second kappa shape index (κ2) is 11.7. The molecule has 5 rings (SSSR count). The van der Waals surface area contributed by atoms with Gasteiger partial charge in [-0.25, -0.2) is 14.4 Å². The minimum absolute atomic E-state index is 0.0464. The van der Waals surface area contributed by atoms with Crippen molar-refractivity contribution in [1.29, 1.82) is 0 Å². The average molecular weight is 554 g/mol. The second-order valence-corrected chi connectivity index (χ2v) is 12.2. The lowest BCUT2D eigenvalue weighted by Gasteiger charge is -2.54. The number of aliphatic carboxylic acids is 1. The lowest BCUT2D eigenvalue weighted by atomic mass is 9.71. The average Bonchev–Trinajstić information content (AvgIpc) is 2.93. The van der Waals surface area contributed by atoms with E-state index in [1.54, 1.807) is 18.1 Å². The van der Waals surface area contributed by atoms with Crippen LogP contribution in [0.3, 0.4) is 0 Å². The molecule has 0 unspecified atom stereocenters. The van der Waals surface area contributed by atoms with E-state index in [9.17, 15) is 19.1 Å². The Morgan fingerprint density at radius 3 is 2.50 bits per heavy atom. The van der Waals surface area contributed by atoms with Gasteiger partial charge in [-0.05, 0) is 89.6 Å². The van der Waals surface area contributed by atoms with Crippen LogP contribution in [-0.2, 0) is 4.79 Å². The third-order valence-corrected chi connectivity index (χ3v) is 9.13. The number of carbonyl (C=O) groups is 2. The molecular weight excluding hydrogens is 513 g/mol. The van der Waals surface area contributed by atoms with Gasteiger partial charge in [-0.15, -0.1) is 0 Å². The maximum atomic E-state index is 14.1. The molecule has 3 aliphatic rings. The van der Waals surface area contributed by atoms with E-state index in [4.69, 9.17) is 4.74 Å². The van der Waals surface area contributed by atoms with Gasteiger partial charge < -0.3 is 24.5 Å². The summed E-state index contributed by atoms with van der Waals surface area (Å²) in [7, 11) is 1.69. The van der Waals surface area contributed by atoms with E-state index in [1.807, 2.05) is 13.8 Å². The molecule has 0 radical (unpaired) electrons. The number of likely N-dealkylation sites (tertiary alicyclic amines) is 1. The van der Waals surface area contributed by atoms with E-state index in [0.717, 1.165) is 71.2 Å². The summed E-state index contributed by atoms with van der Waals surface area (Å²) in [5.74, 6) is 0.388. The lowest BCUT2D eigenvalue weighted by Crippen LogP contribution is -2.61. The molecule has 0 atom stereocenters. The fourth-order valence-electron chi connectivity index (χ4n) is 6.32. The van der Waals surface area contributed by atoms with Crippen LogP contribution in [0.25, 0.3) is 0 Å². The number of piperidine rings is 1. The van der Waals surface area contributed by atoms with Crippen LogP contribution in [0.1, 0.15) is 62.7 Å². The summed E-state index contributed by atoms with van der Waals surface area (Å²) in [6.07, 6.45) is 8.96. The Hall–Kier alpha value is -3.27. The fourth-order valence-corrected chi connectivity index (χ4v) is 6.32. The third kappa shape index (κ3) is 6.06. The van der Waals surface area contributed by atoms with Crippen molar-refractivity contribution < 1.29 is 23.8 Å². The normalized spacial score (nSPS) is 22.7. The molecule has 40 heavy (non-hydrogen) atoms. The number of nitrogens with zero attached hydrogens (tertiary/aromatic N) is 5. The molecule has 1 aromatic carbocycles. The maximum absolute atomic E-state index is 14.1. The molecule has 1 aliphatic carbocycles. The lowest BCUT2D eigenvalue weighted by molar-refractivity contribution is -0.143. The van der Waals surface area contributed by atoms with Crippen molar-refractivity contribution in [3.63, 3.8) is 0 Å². The quantitative estimate of drug-likeness (QED) is 0.503. The summed E-state index contributed by atoms with van der Waals surface area (Å²) < 4.78 is 20.3. The Morgan fingerprint density at radius 2 is 1.85 bits per heavy atom.